The van der Waals surface area contributed by atoms with Crippen LogP contribution in [0.3, 0.4) is 0 Å². The molecule has 424 valence electrons. The van der Waals surface area contributed by atoms with Gasteiger partial charge in [0.05, 0.1) is 67.3 Å². The van der Waals surface area contributed by atoms with E-state index in [0.717, 1.165) is 67.3 Å². The Balaban J connectivity index is 0.000000134. The van der Waals surface area contributed by atoms with E-state index in [4.69, 9.17) is 0 Å². The Kier molecular flexibility index (Phi) is 22.3. The Bertz CT molecular complexity index is 3850. The third-order valence-corrected chi connectivity index (χ3v) is 13.9. The van der Waals surface area contributed by atoms with Crippen LogP contribution in [0.5, 0.6) is 0 Å². The molecule has 0 spiro atoms. The Hall–Kier alpha value is -9.73. The van der Waals surface area contributed by atoms with Gasteiger partial charge in [-0.25, -0.2) is 0 Å². The Morgan fingerprint density at radius 3 is 0.442 bits per heavy atom. The minimum absolute atomic E-state index is 0. The molecule has 12 nitrogen and oxygen atoms in total. The van der Waals surface area contributed by atoms with Gasteiger partial charge in [0, 0.05) is 146 Å². The van der Waals surface area contributed by atoms with Gasteiger partial charge in [-0.15, -0.1) is 0 Å². The second kappa shape index (κ2) is 30.7. The first kappa shape index (κ1) is 62.3. The van der Waals surface area contributed by atoms with E-state index >= 15 is 0 Å². The molecule has 0 aliphatic rings. The largest absolute Gasteiger partial charge is 0.255 e. The number of fused-ring (bicyclic) bond motifs is 9. The van der Waals surface area contributed by atoms with Gasteiger partial charge in [-0.05, 0) is 184 Å². The predicted octanol–water partition coefficient (Wildman–Crippen LogP) is 16.6. The van der Waals surface area contributed by atoms with Crippen LogP contribution in [0.1, 0.15) is 33.4 Å². The maximum atomic E-state index is 4.45. The van der Waals surface area contributed by atoms with Crippen molar-refractivity contribution in [3.8, 4) is 34.2 Å². The maximum Gasteiger partial charge on any atom is 0.0967 e. The number of benzene rings is 3. The van der Waals surface area contributed by atoms with Crippen molar-refractivity contribution in [3.63, 3.8) is 0 Å². The van der Waals surface area contributed by atoms with Gasteiger partial charge in [-0.2, -0.15) is 0 Å². The minimum atomic E-state index is 0. The van der Waals surface area contributed by atoms with E-state index in [1.807, 2.05) is 183 Å². The summed E-state index contributed by atoms with van der Waals surface area (Å²) in [5.74, 6) is 0. The van der Waals surface area contributed by atoms with Crippen LogP contribution in [-0.2, 0) is 39.0 Å². The maximum absolute atomic E-state index is 4.45. The van der Waals surface area contributed by atoms with Gasteiger partial charge in [0.2, 0.25) is 0 Å². The van der Waals surface area contributed by atoms with Crippen molar-refractivity contribution < 1.29 is 39.0 Å². The summed E-state index contributed by atoms with van der Waals surface area (Å²) >= 11 is 0. The van der Waals surface area contributed by atoms with Crippen molar-refractivity contribution in [2.75, 3.05) is 0 Å². The molecule has 12 aromatic heterocycles. The normalized spacial score (nSPS) is 10.3. The molecule has 0 saturated carbocycles. The van der Waals surface area contributed by atoms with Crippen molar-refractivity contribution in [3.05, 3.63) is 290 Å². The SMILES string of the molecule is Cc1ccnc2c1ccc1c(C)ccnc12.Cc1ccnc2c1ccc1c(C)ccnc12.Cc1ccnc2c1ccc1c(C)ccnc12.[Ru].[Ru].c1ccc(-c2ccccn2)nc1.c1ccc(-c2ccccn2)nc1.c1ccc(-c2ccccn2)nc1. The van der Waals surface area contributed by atoms with Gasteiger partial charge in [0.15, 0.2) is 0 Å². The fraction of sp³-hybridized carbons (Fsp3) is 0.0833. The van der Waals surface area contributed by atoms with E-state index in [9.17, 15) is 0 Å². The first-order chi connectivity index (χ1) is 41.2. The molecule has 0 saturated heterocycles. The third-order valence-electron chi connectivity index (χ3n) is 13.9. The quantitative estimate of drug-likeness (QED) is 0.122. The smallest absolute Gasteiger partial charge is 0.0967 e. The van der Waals surface area contributed by atoms with Crippen molar-refractivity contribution in [1.29, 1.82) is 0 Å². The topological polar surface area (TPSA) is 155 Å². The number of pyridine rings is 12. The summed E-state index contributed by atoms with van der Waals surface area (Å²) in [6.45, 7) is 12.6. The fourth-order valence-corrected chi connectivity index (χ4v) is 9.40. The molecule has 15 aromatic rings. The van der Waals surface area contributed by atoms with Crippen LogP contribution < -0.4 is 0 Å². The molecule has 15 rings (SSSR count). The summed E-state index contributed by atoms with van der Waals surface area (Å²) in [6.07, 6.45) is 21.7. The van der Waals surface area contributed by atoms with Crippen LogP contribution in [0, 0.1) is 41.5 Å². The molecule has 3 aromatic carbocycles. The van der Waals surface area contributed by atoms with E-state index in [1.165, 1.54) is 65.7 Å². The van der Waals surface area contributed by atoms with E-state index < -0.39 is 0 Å². The molecule has 0 aliphatic heterocycles. The second-order valence-corrected chi connectivity index (χ2v) is 19.6. The molecule has 0 aliphatic carbocycles. The number of nitrogens with zero attached hydrogens (tertiary/aromatic N) is 12. The molecular formula is C72H60N12Ru2. The van der Waals surface area contributed by atoms with Crippen LogP contribution in [-0.4, -0.2) is 59.8 Å². The molecule has 86 heavy (non-hydrogen) atoms. The van der Waals surface area contributed by atoms with E-state index in [1.54, 1.807) is 37.2 Å². The number of rotatable bonds is 3. The Morgan fingerprint density at radius 2 is 0.314 bits per heavy atom. The molecule has 0 unspecified atom stereocenters. The summed E-state index contributed by atoms with van der Waals surface area (Å²) in [6, 6.07) is 59.8. The Labute approximate surface area is 526 Å². The Morgan fingerprint density at radius 1 is 0.163 bits per heavy atom. The molecular weight excluding hydrogens is 1240 g/mol. The summed E-state index contributed by atoms with van der Waals surface area (Å²) in [5.41, 5.74) is 19.0. The zero-order valence-corrected chi connectivity index (χ0v) is 51.8. The summed E-state index contributed by atoms with van der Waals surface area (Å²) < 4.78 is 0. The average Bonchev–Trinajstić information content (AvgIpc) is 1.41. The minimum Gasteiger partial charge on any atom is -0.255 e. The molecule has 12 heterocycles. The van der Waals surface area contributed by atoms with Crippen molar-refractivity contribution in [2.45, 2.75) is 41.5 Å². The van der Waals surface area contributed by atoms with Crippen molar-refractivity contribution in [2.24, 2.45) is 0 Å². The molecule has 0 atom stereocenters. The number of aryl methyl sites for hydroxylation is 6. The van der Waals surface area contributed by atoms with E-state index in [-0.39, 0.29) is 39.0 Å². The van der Waals surface area contributed by atoms with Crippen LogP contribution in [0.25, 0.3) is 99.6 Å². The number of hydrogen-bond donors (Lipinski definition) is 0. The fourth-order valence-electron chi connectivity index (χ4n) is 9.40. The zero-order valence-electron chi connectivity index (χ0n) is 48.3. The third kappa shape index (κ3) is 15.3. The van der Waals surface area contributed by atoms with Crippen molar-refractivity contribution in [1.82, 2.24) is 59.8 Å². The molecule has 0 fully saturated rings. The standard InChI is InChI=1S/3C14H12N2.3C10H8N2.2Ru/c3*1-9-5-7-15-13-11(9)3-4-12-10(2)6-8-16-14(12)13;3*1-3-7-11-9(5-1)10-6-2-4-8-12-10;;/h3*3-8H,1-2H3;3*1-8H;;. The molecule has 0 bridgehead atoms. The first-order valence-corrected chi connectivity index (χ1v) is 27.5. The average molecular weight is 1300 g/mol. The first-order valence-electron chi connectivity index (χ1n) is 27.5. The molecule has 14 heteroatoms. The van der Waals surface area contributed by atoms with Crippen molar-refractivity contribution >= 4 is 65.4 Å². The monoisotopic (exact) mass is 1300 g/mol. The van der Waals surface area contributed by atoms with Crippen LogP contribution >= 0.6 is 0 Å². The van der Waals surface area contributed by atoms with Gasteiger partial charge in [0.1, 0.15) is 0 Å². The second-order valence-electron chi connectivity index (χ2n) is 19.6. The summed E-state index contributed by atoms with van der Waals surface area (Å²) in [4.78, 5) is 51.8. The summed E-state index contributed by atoms with van der Waals surface area (Å²) in [5, 5.41) is 7.13. The predicted molar refractivity (Wildman–Crippen MR) is 342 cm³/mol. The molecule has 0 amide bonds. The van der Waals surface area contributed by atoms with E-state index in [0.29, 0.717) is 0 Å². The van der Waals surface area contributed by atoms with Gasteiger partial charge in [0.25, 0.3) is 0 Å². The van der Waals surface area contributed by atoms with Gasteiger partial charge in [-0.3, -0.25) is 59.8 Å². The van der Waals surface area contributed by atoms with Crippen LogP contribution in [0.2, 0.25) is 0 Å². The van der Waals surface area contributed by atoms with Gasteiger partial charge >= 0.3 is 0 Å². The van der Waals surface area contributed by atoms with Crippen LogP contribution in [0.4, 0.5) is 0 Å². The zero-order chi connectivity index (χ0) is 58.0. The number of hydrogen-bond acceptors (Lipinski definition) is 12. The number of aromatic nitrogens is 12. The molecule has 0 N–H and O–H groups in total. The van der Waals surface area contributed by atoms with Gasteiger partial charge < -0.3 is 0 Å². The van der Waals surface area contributed by atoms with Crippen LogP contribution in [0.15, 0.2) is 256 Å². The van der Waals surface area contributed by atoms with Gasteiger partial charge in [-0.1, -0.05) is 72.8 Å². The molecule has 0 radical (unpaired) electrons. The van der Waals surface area contributed by atoms with E-state index in [2.05, 4.69) is 138 Å². The summed E-state index contributed by atoms with van der Waals surface area (Å²) in [7, 11) is 0.